The number of hydrogen-bond donors (Lipinski definition) is 1. The molecule has 27 heavy (non-hydrogen) atoms. The number of nitrogens with one attached hydrogen (secondary N) is 1. The molecule has 1 aliphatic heterocycles. The predicted molar refractivity (Wildman–Crippen MR) is 95.4 cm³/mol. The highest BCUT2D eigenvalue weighted by molar-refractivity contribution is 5.94. The summed E-state index contributed by atoms with van der Waals surface area (Å²) in [6.07, 6.45) is 1.53. The Hall–Kier alpha value is -3.42. The molecule has 0 saturated heterocycles. The molecule has 2 aromatic heterocycles. The van der Waals surface area contributed by atoms with E-state index in [1.165, 1.54) is 6.20 Å². The second-order valence-electron chi connectivity index (χ2n) is 6.39. The van der Waals surface area contributed by atoms with Gasteiger partial charge in [-0.25, -0.2) is 0 Å². The first-order valence-corrected chi connectivity index (χ1v) is 8.57. The lowest BCUT2D eigenvalue weighted by Gasteiger charge is -2.05. The van der Waals surface area contributed by atoms with E-state index in [4.69, 9.17) is 14.0 Å². The Morgan fingerprint density at radius 2 is 2.04 bits per heavy atom. The third-order valence-electron chi connectivity index (χ3n) is 4.08. The Kier molecular flexibility index (Phi) is 4.45. The van der Waals surface area contributed by atoms with Gasteiger partial charge in [-0.2, -0.15) is 4.98 Å². The molecule has 0 unspecified atom stereocenters. The van der Waals surface area contributed by atoms with Gasteiger partial charge in [0.05, 0.1) is 17.8 Å². The summed E-state index contributed by atoms with van der Waals surface area (Å²) in [5.74, 6) is 2.30. The molecule has 1 aliphatic rings. The predicted octanol–water partition coefficient (Wildman–Crippen LogP) is 2.91. The van der Waals surface area contributed by atoms with Crippen molar-refractivity contribution in [2.45, 2.75) is 26.3 Å². The molecule has 0 spiro atoms. The number of rotatable bonds is 5. The Morgan fingerprint density at radius 3 is 2.78 bits per heavy atom. The highest BCUT2D eigenvalue weighted by Crippen LogP contribution is 2.35. The van der Waals surface area contributed by atoms with E-state index in [1.807, 2.05) is 32.0 Å². The van der Waals surface area contributed by atoms with Gasteiger partial charge in [-0.3, -0.25) is 9.78 Å². The van der Waals surface area contributed by atoms with Crippen LogP contribution in [0.15, 0.2) is 41.1 Å². The van der Waals surface area contributed by atoms with E-state index >= 15 is 0 Å². The summed E-state index contributed by atoms with van der Waals surface area (Å²) >= 11 is 0. The van der Waals surface area contributed by atoms with Crippen LogP contribution in [0.2, 0.25) is 0 Å². The average Bonchev–Trinajstić information content (AvgIpc) is 3.35. The number of pyridine rings is 1. The van der Waals surface area contributed by atoms with E-state index in [1.54, 1.807) is 12.1 Å². The first-order valence-electron chi connectivity index (χ1n) is 8.57. The first-order chi connectivity index (χ1) is 13.1. The SMILES string of the molecule is CC(C)c1nc(CNC(=O)c2ccc(-c3ccc4c(c3)OCO4)nc2)no1. The lowest BCUT2D eigenvalue weighted by molar-refractivity contribution is 0.0949. The van der Waals surface area contributed by atoms with E-state index in [2.05, 4.69) is 20.4 Å². The summed E-state index contributed by atoms with van der Waals surface area (Å²) in [7, 11) is 0. The molecule has 0 radical (unpaired) electrons. The van der Waals surface area contributed by atoms with Crippen molar-refractivity contribution in [2.75, 3.05) is 6.79 Å². The zero-order valence-electron chi connectivity index (χ0n) is 14.9. The van der Waals surface area contributed by atoms with Gasteiger partial charge in [-0.1, -0.05) is 19.0 Å². The molecule has 0 atom stereocenters. The van der Waals surface area contributed by atoms with Crippen molar-refractivity contribution >= 4 is 5.91 Å². The molecule has 0 saturated carbocycles. The molecule has 0 fully saturated rings. The fourth-order valence-electron chi connectivity index (χ4n) is 2.59. The van der Waals surface area contributed by atoms with Crippen molar-refractivity contribution in [3.05, 3.63) is 53.8 Å². The lowest BCUT2D eigenvalue weighted by atomic mass is 10.1. The molecule has 1 aromatic carbocycles. The third kappa shape index (κ3) is 3.59. The molecule has 8 heteroatoms. The molecule has 1 N–H and O–H groups in total. The highest BCUT2D eigenvalue weighted by atomic mass is 16.7. The quantitative estimate of drug-likeness (QED) is 0.741. The summed E-state index contributed by atoms with van der Waals surface area (Å²) in [5, 5.41) is 6.61. The number of benzene rings is 1. The van der Waals surface area contributed by atoms with Crippen LogP contribution in [0, 0.1) is 0 Å². The van der Waals surface area contributed by atoms with Gasteiger partial charge in [-0.05, 0) is 30.3 Å². The van der Waals surface area contributed by atoms with Crippen molar-refractivity contribution in [3.8, 4) is 22.8 Å². The normalized spacial score (nSPS) is 12.4. The molecule has 8 nitrogen and oxygen atoms in total. The van der Waals surface area contributed by atoms with E-state index in [-0.39, 0.29) is 25.2 Å². The van der Waals surface area contributed by atoms with E-state index < -0.39 is 0 Å². The standard InChI is InChI=1S/C19H18N4O4/c1-11(2)19-22-17(23-27-19)9-21-18(24)13-3-5-14(20-8-13)12-4-6-15-16(7-12)26-10-25-15/h3-8,11H,9-10H2,1-2H3,(H,21,24). The third-order valence-corrected chi connectivity index (χ3v) is 4.08. The number of nitrogens with zero attached hydrogens (tertiary/aromatic N) is 3. The summed E-state index contributed by atoms with van der Waals surface area (Å²) in [6, 6.07) is 9.12. The second-order valence-corrected chi connectivity index (χ2v) is 6.39. The van der Waals surface area contributed by atoms with Gasteiger partial charge in [-0.15, -0.1) is 0 Å². The Labute approximate surface area is 155 Å². The van der Waals surface area contributed by atoms with Crippen molar-refractivity contribution in [2.24, 2.45) is 0 Å². The van der Waals surface area contributed by atoms with Crippen LogP contribution in [0.1, 0.15) is 41.8 Å². The van der Waals surface area contributed by atoms with E-state index in [0.717, 1.165) is 17.0 Å². The summed E-state index contributed by atoms with van der Waals surface area (Å²) in [4.78, 5) is 20.9. The Balaban J connectivity index is 1.41. The molecule has 4 rings (SSSR count). The summed E-state index contributed by atoms with van der Waals surface area (Å²) < 4.78 is 15.8. The monoisotopic (exact) mass is 366 g/mol. The molecule has 0 aliphatic carbocycles. The molecule has 138 valence electrons. The maximum atomic E-state index is 12.3. The lowest BCUT2D eigenvalue weighted by Crippen LogP contribution is -2.23. The largest absolute Gasteiger partial charge is 0.454 e. The smallest absolute Gasteiger partial charge is 0.253 e. The van der Waals surface area contributed by atoms with Gasteiger partial charge in [0.15, 0.2) is 17.3 Å². The topological polar surface area (TPSA) is 99.4 Å². The Morgan fingerprint density at radius 1 is 1.19 bits per heavy atom. The second kappa shape index (κ2) is 7.06. The zero-order chi connectivity index (χ0) is 18.8. The number of carbonyl (C=O) groups excluding carboxylic acids is 1. The zero-order valence-corrected chi connectivity index (χ0v) is 14.9. The fraction of sp³-hybridized carbons (Fsp3) is 0.263. The van der Waals surface area contributed by atoms with Crippen molar-refractivity contribution < 1.29 is 18.8 Å². The van der Waals surface area contributed by atoms with Gasteiger partial charge in [0, 0.05) is 17.7 Å². The van der Waals surface area contributed by atoms with E-state index in [0.29, 0.717) is 23.0 Å². The van der Waals surface area contributed by atoms with Crippen LogP contribution in [-0.2, 0) is 6.54 Å². The van der Waals surface area contributed by atoms with Crippen molar-refractivity contribution in [3.63, 3.8) is 0 Å². The number of fused-ring (bicyclic) bond motifs is 1. The van der Waals surface area contributed by atoms with Gasteiger partial charge in [0.25, 0.3) is 5.91 Å². The molecule has 0 bridgehead atoms. The van der Waals surface area contributed by atoms with Crippen LogP contribution in [0.5, 0.6) is 11.5 Å². The van der Waals surface area contributed by atoms with Crippen LogP contribution < -0.4 is 14.8 Å². The molecule has 3 aromatic rings. The van der Waals surface area contributed by atoms with Gasteiger partial charge in [0.2, 0.25) is 12.7 Å². The minimum atomic E-state index is -0.254. The number of ether oxygens (including phenoxy) is 2. The van der Waals surface area contributed by atoms with Crippen LogP contribution in [-0.4, -0.2) is 27.8 Å². The van der Waals surface area contributed by atoms with Crippen molar-refractivity contribution in [1.29, 1.82) is 0 Å². The Bertz CT molecular complexity index is 966. The minimum Gasteiger partial charge on any atom is -0.454 e. The molecular weight excluding hydrogens is 348 g/mol. The summed E-state index contributed by atoms with van der Waals surface area (Å²) in [6.45, 7) is 4.34. The van der Waals surface area contributed by atoms with Gasteiger partial charge < -0.3 is 19.3 Å². The van der Waals surface area contributed by atoms with Crippen LogP contribution >= 0.6 is 0 Å². The highest BCUT2D eigenvalue weighted by Gasteiger charge is 2.15. The summed E-state index contributed by atoms with van der Waals surface area (Å²) in [5.41, 5.74) is 2.08. The van der Waals surface area contributed by atoms with Crippen LogP contribution in [0.25, 0.3) is 11.3 Å². The molecule has 3 heterocycles. The maximum absolute atomic E-state index is 12.3. The van der Waals surface area contributed by atoms with Crippen LogP contribution in [0.4, 0.5) is 0 Å². The van der Waals surface area contributed by atoms with Gasteiger partial charge >= 0.3 is 0 Å². The number of hydrogen-bond acceptors (Lipinski definition) is 7. The average molecular weight is 366 g/mol. The fourth-order valence-corrected chi connectivity index (χ4v) is 2.59. The van der Waals surface area contributed by atoms with Crippen molar-refractivity contribution in [1.82, 2.24) is 20.4 Å². The van der Waals surface area contributed by atoms with E-state index in [9.17, 15) is 4.79 Å². The molecular formula is C19H18N4O4. The minimum absolute atomic E-state index is 0.148. The first kappa shape index (κ1) is 17.0. The van der Waals surface area contributed by atoms with Gasteiger partial charge in [0.1, 0.15) is 0 Å². The number of carbonyl (C=O) groups is 1. The number of amides is 1. The number of aromatic nitrogens is 3. The van der Waals surface area contributed by atoms with Crippen LogP contribution in [0.3, 0.4) is 0 Å². The molecule has 1 amide bonds. The maximum Gasteiger partial charge on any atom is 0.253 e.